The smallest absolute Gasteiger partial charge is 0.0351 e. The molecule has 2 unspecified atom stereocenters. The fourth-order valence-corrected chi connectivity index (χ4v) is 4.23. The summed E-state index contributed by atoms with van der Waals surface area (Å²) in [5, 5.41) is 3.49. The van der Waals surface area contributed by atoms with Crippen molar-refractivity contribution in [3.8, 4) is 0 Å². The van der Waals surface area contributed by atoms with Crippen molar-refractivity contribution in [3.05, 3.63) is 35.4 Å². The van der Waals surface area contributed by atoms with E-state index in [1.54, 1.807) is 11.1 Å². The Hall–Kier alpha value is -0.860. The quantitative estimate of drug-likeness (QED) is 0.901. The van der Waals surface area contributed by atoms with E-state index in [-0.39, 0.29) is 0 Å². The molecule has 0 aromatic heterocycles. The van der Waals surface area contributed by atoms with Crippen LogP contribution >= 0.6 is 0 Å². The Balaban J connectivity index is 1.76. The Morgan fingerprint density at radius 2 is 1.76 bits per heavy atom. The van der Waals surface area contributed by atoms with E-state index in [1.807, 2.05) is 0 Å². The average molecular weight is 286 g/mol. The number of nitrogens with zero attached hydrogens (tertiary/aromatic N) is 1. The molecule has 1 heterocycles. The molecule has 0 bridgehead atoms. The van der Waals surface area contributed by atoms with Crippen LogP contribution in [0.25, 0.3) is 0 Å². The third-order valence-corrected chi connectivity index (χ3v) is 5.56. The molecule has 2 atom stereocenters. The molecule has 0 spiro atoms. The topological polar surface area (TPSA) is 15.3 Å². The maximum absolute atomic E-state index is 3.49. The van der Waals surface area contributed by atoms with Crippen molar-refractivity contribution >= 4 is 0 Å². The third-order valence-electron chi connectivity index (χ3n) is 5.56. The predicted octanol–water partition coefficient (Wildman–Crippen LogP) is 3.95. The Kier molecular flexibility index (Phi) is 4.97. The summed E-state index contributed by atoms with van der Waals surface area (Å²) in [5.41, 5.74) is 3.20. The molecule has 1 saturated heterocycles. The number of fused-ring (bicyclic) bond motifs is 1. The Morgan fingerprint density at radius 1 is 1.05 bits per heavy atom. The maximum Gasteiger partial charge on any atom is 0.0351 e. The van der Waals surface area contributed by atoms with Crippen molar-refractivity contribution in [2.45, 2.75) is 51.5 Å². The molecular formula is C19H30N2. The largest absolute Gasteiger partial charge is 0.317 e. The fourth-order valence-electron chi connectivity index (χ4n) is 4.23. The summed E-state index contributed by atoms with van der Waals surface area (Å²) in [5.74, 6) is 1.62. The molecule has 21 heavy (non-hydrogen) atoms. The Labute approximate surface area is 129 Å². The van der Waals surface area contributed by atoms with Crippen LogP contribution in [0.5, 0.6) is 0 Å². The molecule has 2 aliphatic rings. The van der Waals surface area contributed by atoms with Crippen LogP contribution in [0.4, 0.5) is 0 Å². The third kappa shape index (κ3) is 3.32. The number of piperidine rings is 1. The summed E-state index contributed by atoms with van der Waals surface area (Å²) in [6.45, 7) is 9.60. The zero-order valence-electron chi connectivity index (χ0n) is 13.6. The van der Waals surface area contributed by atoms with Crippen LogP contribution in [-0.2, 0) is 0 Å². The lowest BCUT2D eigenvalue weighted by Gasteiger charge is -2.39. The molecule has 116 valence electrons. The van der Waals surface area contributed by atoms with Crippen molar-refractivity contribution in [1.29, 1.82) is 0 Å². The minimum Gasteiger partial charge on any atom is -0.317 e. The molecule has 0 amide bonds. The second-order valence-corrected chi connectivity index (χ2v) is 6.90. The van der Waals surface area contributed by atoms with Gasteiger partial charge in [0, 0.05) is 12.6 Å². The molecule has 1 fully saturated rings. The van der Waals surface area contributed by atoms with Crippen LogP contribution in [0.15, 0.2) is 24.3 Å². The monoisotopic (exact) mass is 286 g/mol. The van der Waals surface area contributed by atoms with E-state index in [2.05, 4.69) is 48.3 Å². The van der Waals surface area contributed by atoms with Gasteiger partial charge in [-0.3, -0.25) is 4.90 Å². The van der Waals surface area contributed by atoms with Gasteiger partial charge in [0.25, 0.3) is 0 Å². The van der Waals surface area contributed by atoms with Crippen molar-refractivity contribution < 1.29 is 0 Å². The van der Waals surface area contributed by atoms with Crippen LogP contribution in [0.1, 0.15) is 62.6 Å². The average Bonchev–Trinajstić information content (AvgIpc) is 2.55. The maximum atomic E-state index is 3.49. The van der Waals surface area contributed by atoms with E-state index in [0.29, 0.717) is 6.04 Å². The van der Waals surface area contributed by atoms with E-state index in [4.69, 9.17) is 0 Å². The summed E-state index contributed by atoms with van der Waals surface area (Å²) in [4.78, 5) is 2.75. The summed E-state index contributed by atoms with van der Waals surface area (Å²) in [6.07, 6.45) is 5.37. The SMILES string of the molecule is CCN(CC1CCNCC1)C1CCC(C)c2ccccc21. The first-order valence-corrected chi connectivity index (χ1v) is 8.83. The molecule has 1 aromatic carbocycles. The lowest BCUT2D eigenvalue weighted by Crippen LogP contribution is -2.39. The van der Waals surface area contributed by atoms with Crippen LogP contribution in [0.3, 0.4) is 0 Å². The second-order valence-electron chi connectivity index (χ2n) is 6.90. The fraction of sp³-hybridized carbons (Fsp3) is 0.684. The van der Waals surface area contributed by atoms with Crippen molar-refractivity contribution in [2.24, 2.45) is 5.92 Å². The van der Waals surface area contributed by atoms with E-state index < -0.39 is 0 Å². The minimum atomic E-state index is 0.650. The predicted molar refractivity (Wildman–Crippen MR) is 89.7 cm³/mol. The number of benzene rings is 1. The first kappa shape index (κ1) is 15.1. The van der Waals surface area contributed by atoms with Gasteiger partial charge in [-0.25, -0.2) is 0 Å². The zero-order valence-corrected chi connectivity index (χ0v) is 13.6. The van der Waals surface area contributed by atoms with Crippen molar-refractivity contribution in [2.75, 3.05) is 26.2 Å². The standard InChI is InChI=1S/C19H30N2/c1-3-21(14-16-10-12-20-13-11-16)19-9-8-15(2)17-6-4-5-7-18(17)19/h4-7,15-16,19-20H,3,8-14H2,1-2H3. The molecule has 2 nitrogen and oxygen atoms in total. The Bertz CT molecular complexity index is 451. The van der Waals surface area contributed by atoms with Crippen LogP contribution in [0, 0.1) is 5.92 Å². The zero-order chi connectivity index (χ0) is 14.7. The highest BCUT2D eigenvalue weighted by Gasteiger charge is 2.29. The van der Waals surface area contributed by atoms with Crippen LogP contribution in [-0.4, -0.2) is 31.1 Å². The number of rotatable bonds is 4. The number of hydrogen-bond donors (Lipinski definition) is 1. The Morgan fingerprint density at radius 3 is 2.48 bits per heavy atom. The summed E-state index contributed by atoms with van der Waals surface area (Å²) in [6, 6.07) is 9.81. The lowest BCUT2D eigenvalue weighted by molar-refractivity contribution is 0.143. The van der Waals surface area contributed by atoms with Gasteiger partial charge in [0.05, 0.1) is 0 Å². The van der Waals surface area contributed by atoms with Crippen molar-refractivity contribution in [3.63, 3.8) is 0 Å². The van der Waals surface area contributed by atoms with E-state index in [0.717, 1.165) is 11.8 Å². The molecule has 1 aromatic rings. The van der Waals surface area contributed by atoms with Gasteiger partial charge in [-0.05, 0) is 68.3 Å². The highest BCUT2D eigenvalue weighted by atomic mass is 15.2. The lowest BCUT2D eigenvalue weighted by atomic mass is 9.80. The molecule has 2 heteroatoms. The van der Waals surface area contributed by atoms with Gasteiger partial charge in [0.15, 0.2) is 0 Å². The molecule has 1 aliphatic heterocycles. The normalized spacial score (nSPS) is 26.8. The van der Waals surface area contributed by atoms with Gasteiger partial charge in [-0.15, -0.1) is 0 Å². The van der Waals surface area contributed by atoms with E-state index in [9.17, 15) is 0 Å². The van der Waals surface area contributed by atoms with Gasteiger partial charge in [0.1, 0.15) is 0 Å². The van der Waals surface area contributed by atoms with Crippen LogP contribution in [0.2, 0.25) is 0 Å². The van der Waals surface area contributed by atoms with E-state index >= 15 is 0 Å². The highest BCUT2D eigenvalue weighted by molar-refractivity contribution is 5.35. The highest BCUT2D eigenvalue weighted by Crippen LogP contribution is 2.40. The minimum absolute atomic E-state index is 0.650. The molecule has 1 N–H and O–H groups in total. The molecule has 3 rings (SSSR count). The second kappa shape index (κ2) is 6.93. The molecule has 1 aliphatic carbocycles. The van der Waals surface area contributed by atoms with Gasteiger partial charge >= 0.3 is 0 Å². The number of hydrogen-bond acceptors (Lipinski definition) is 2. The van der Waals surface area contributed by atoms with Crippen molar-refractivity contribution in [1.82, 2.24) is 10.2 Å². The van der Waals surface area contributed by atoms with Gasteiger partial charge < -0.3 is 5.32 Å². The summed E-state index contributed by atoms with van der Waals surface area (Å²) >= 11 is 0. The summed E-state index contributed by atoms with van der Waals surface area (Å²) in [7, 11) is 0. The summed E-state index contributed by atoms with van der Waals surface area (Å²) < 4.78 is 0. The molecular weight excluding hydrogens is 256 g/mol. The molecule has 0 radical (unpaired) electrons. The number of nitrogens with one attached hydrogen (secondary N) is 1. The molecule has 0 saturated carbocycles. The van der Waals surface area contributed by atoms with Gasteiger partial charge in [0.2, 0.25) is 0 Å². The van der Waals surface area contributed by atoms with Gasteiger partial charge in [-0.1, -0.05) is 38.1 Å². The first-order chi connectivity index (χ1) is 10.3. The van der Waals surface area contributed by atoms with E-state index in [1.165, 1.54) is 51.9 Å². The van der Waals surface area contributed by atoms with Gasteiger partial charge in [-0.2, -0.15) is 0 Å². The van der Waals surface area contributed by atoms with Crippen LogP contribution < -0.4 is 5.32 Å². The first-order valence-electron chi connectivity index (χ1n) is 8.83.